The molecule has 2 aliphatic rings. The molecule has 2 fully saturated rings. The highest BCUT2D eigenvalue weighted by molar-refractivity contribution is 5.85. The van der Waals surface area contributed by atoms with Gasteiger partial charge in [0.15, 0.2) is 0 Å². The summed E-state index contributed by atoms with van der Waals surface area (Å²) in [6.45, 7) is 10.6. The molecular weight excluding hydrogens is 425 g/mol. The third-order valence-corrected chi connectivity index (χ3v) is 5.92. The number of piperidine rings is 1. The van der Waals surface area contributed by atoms with Gasteiger partial charge in [0.1, 0.15) is 11.6 Å². The van der Waals surface area contributed by atoms with Gasteiger partial charge in [-0.3, -0.25) is 0 Å². The molecule has 0 N–H and O–H groups in total. The Balaban J connectivity index is 0.000000264. The number of aryl methyl sites for hydroxylation is 1. The molecule has 1 aromatic carbocycles. The zero-order valence-corrected chi connectivity index (χ0v) is 19.6. The molecule has 1 aromatic heterocycles. The molecule has 2 heterocycles. The number of benzene rings is 1. The van der Waals surface area contributed by atoms with Gasteiger partial charge in [0.2, 0.25) is 0 Å². The van der Waals surface area contributed by atoms with Crippen molar-refractivity contribution >= 4 is 12.4 Å². The largest absolute Gasteiger partial charge is 0.416 e. The van der Waals surface area contributed by atoms with E-state index in [1.807, 2.05) is 0 Å². The molecule has 0 bridgehead atoms. The van der Waals surface area contributed by atoms with Gasteiger partial charge in [0.25, 0.3) is 0 Å². The summed E-state index contributed by atoms with van der Waals surface area (Å²) in [6, 6.07) is 6.36. The van der Waals surface area contributed by atoms with E-state index in [0.29, 0.717) is 0 Å². The first-order chi connectivity index (χ1) is 14.1. The van der Waals surface area contributed by atoms with Crippen LogP contribution in [0.3, 0.4) is 0 Å². The van der Waals surface area contributed by atoms with Crippen LogP contribution in [0.15, 0.2) is 30.3 Å². The van der Waals surface area contributed by atoms with Crippen LogP contribution in [-0.4, -0.2) is 39.3 Å². The molecule has 2 unspecified atom stereocenters. The average molecular weight is 459 g/mol. The Bertz CT molecular complexity index is 804. The normalized spacial score (nSPS) is 20.5. The number of fused-ring (bicyclic) bond motifs is 1. The topological polar surface area (TPSA) is 34.0 Å². The lowest BCUT2D eigenvalue weighted by Crippen LogP contribution is -2.24. The van der Waals surface area contributed by atoms with Crippen LogP contribution >= 0.6 is 12.4 Å². The first-order valence-electron chi connectivity index (χ1n) is 10.8. The van der Waals surface area contributed by atoms with Crippen molar-refractivity contribution in [1.82, 2.24) is 19.7 Å². The molecule has 2 aromatic rings. The van der Waals surface area contributed by atoms with Crippen molar-refractivity contribution in [3.05, 3.63) is 47.5 Å². The summed E-state index contributed by atoms with van der Waals surface area (Å²) >= 11 is 0. The summed E-state index contributed by atoms with van der Waals surface area (Å²) in [4.78, 5) is 2.65. The second-order valence-electron chi connectivity index (χ2n) is 9.59. The maximum Gasteiger partial charge on any atom is 0.416 e. The number of rotatable bonds is 5. The van der Waals surface area contributed by atoms with Gasteiger partial charge < -0.3 is 9.47 Å². The van der Waals surface area contributed by atoms with Crippen LogP contribution in [0.2, 0.25) is 0 Å². The molecule has 0 amide bonds. The van der Waals surface area contributed by atoms with Gasteiger partial charge in [-0.25, -0.2) is 0 Å². The third-order valence-electron chi connectivity index (χ3n) is 5.92. The first kappa shape index (κ1) is 25.7. The average Bonchev–Trinajstić information content (AvgIpc) is 3.09. The highest BCUT2D eigenvalue weighted by Crippen LogP contribution is 2.44. The molecule has 4 nitrogen and oxygen atoms in total. The van der Waals surface area contributed by atoms with Gasteiger partial charge in [0.05, 0.1) is 5.56 Å². The number of alkyl halides is 3. The number of aromatic nitrogens is 3. The summed E-state index contributed by atoms with van der Waals surface area (Å²) in [5.41, 5.74) is -0.522. The van der Waals surface area contributed by atoms with Gasteiger partial charge in [0, 0.05) is 32.0 Å². The molecule has 174 valence electrons. The molecule has 0 spiro atoms. The van der Waals surface area contributed by atoms with E-state index >= 15 is 0 Å². The maximum absolute atomic E-state index is 11.8. The lowest BCUT2D eigenvalue weighted by Gasteiger charge is -2.18. The third kappa shape index (κ3) is 7.21. The molecule has 1 aliphatic heterocycles. The van der Waals surface area contributed by atoms with E-state index in [2.05, 4.69) is 47.5 Å². The predicted octanol–water partition coefficient (Wildman–Crippen LogP) is 5.51. The van der Waals surface area contributed by atoms with E-state index in [1.54, 1.807) is 6.07 Å². The van der Waals surface area contributed by atoms with E-state index in [0.717, 1.165) is 42.0 Å². The fraction of sp³-hybridized carbons (Fsp3) is 0.652. The highest BCUT2D eigenvalue weighted by atomic mass is 35.5. The summed E-state index contributed by atoms with van der Waals surface area (Å²) in [6.07, 6.45) is 0.867. The SMILES string of the molecule is Cl.Cn1c(CCCCN2CC3CC3C2)nnc1C(C)(C)C.FC(F)(F)c1ccccc1. The lowest BCUT2D eigenvalue weighted by molar-refractivity contribution is -0.137. The fourth-order valence-electron chi connectivity index (χ4n) is 4.16. The summed E-state index contributed by atoms with van der Waals surface area (Å²) in [5.74, 6) is 4.34. The summed E-state index contributed by atoms with van der Waals surface area (Å²) in [7, 11) is 2.10. The molecule has 1 aliphatic carbocycles. The van der Waals surface area contributed by atoms with E-state index in [1.165, 1.54) is 51.0 Å². The molecule has 2 atom stereocenters. The number of unbranched alkanes of at least 4 members (excludes halogenated alkanes) is 1. The van der Waals surface area contributed by atoms with Gasteiger partial charge in [-0.15, -0.1) is 22.6 Å². The summed E-state index contributed by atoms with van der Waals surface area (Å²) in [5, 5.41) is 8.73. The van der Waals surface area contributed by atoms with Crippen LogP contribution in [0.5, 0.6) is 0 Å². The van der Waals surface area contributed by atoms with Crippen molar-refractivity contribution in [2.75, 3.05) is 19.6 Å². The first-order valence-corrected chi connectivity index (χ1v) is 10.8. The molecular formula is C23H34ClF3N4. The van der Waals surface area contributed by atoms with Crippen LogP contribution < -0.4 is 0 Å². The summed E-state index contributed by atoms with van der Waals surface area (Å²) < 4.78 is 37.5. The van der Waals surface area contributed by atoms with E-state index in [9.17, 15) is 13.2 Å². The van der Waals surface area contributed by atoms with Gasteiger partial charge >= 0.3 is 6.18 Å². The zero-order valence-electron chi connectivity index (χ0n) is 18.8. The Morgan fingerprint density at radius 3 is 2.06 bits per heavy atom. The van der Waals surface area contributed by atoms with Gasteiger partial charge in [-0.1, -0.05) is 51.1 Å². The smallest absolute Gasteiger partial charge is 0.318 e. The predicted molar refractivity (Wildman–Crippen MR) is 119 cm³/mol. The number of likely N-dealkylation sites (tertiary alicyclic amines) is 1. The molecule has 4 rings (SSSR count). The molecule has 1 saturated heterocycles. The van der Waals surface area contributed by atoms with E-state index in [4.69, 9.17) is 0 Å². The minimum absolute atomic E-state index is 0. The minimum atomic E-state index is -4.21. The quantitative estimate of drug-likeness (QED) is 0.553. The second-order valence-corrected chi connectivity index (χ2v) is 9.59. The van der Waals surface area contributed by atoms with Crippen LogP contribution in [0.1, 0.15) is 57.2 Å². The minimum Gasteiger partial charge on any atom is -0.318 e. The Labute approximate surface area is 189 Å². The van der Waals surface area contributed by atoms with E-state index in [-0.39, 0.29) is 17.8 Å². The molecule has 8 heteroatoms. The Hall–Kier alpha value is -1.60. The number of hydrogen-bond acceptors (Lipinski definition) is 3. The standard InChI is InChI=1S/C16H28N4.C7H5F3.ClH/c1-16(2,3)15-18-17-14(19(15)4)7-5-6-8-20-10-12-9-13(12)11-20;8-7(9,10)6-4-2-1-3-5-6;/h12-13H,5-11H2,1-4H3;1-5H;1H. The number of halogens is 4. The van der Waals surface area contributed by atoms with E-state index < -0.39 is 11.7 Å². The molecule has 1 saturated carbocycles. The van der Waals surface area contributed by atoms with Crippen molar-refractivity contribution in [1.29, 1.82) is 0 Å². The second kappa shape index (κ2) is 10.3. The van der Waals surface area contributed by atoms with Crippen molar-refractivity contribution in [2.24, 2.45) is 18.9 Å². The van der Waals surface area contributed by atoms with Crippen LogP contribution in [0.4, 0.5) is 13.2 Å². The molecule has 31 heavy (non-hydrogen) atoms. The van der Waals surface area contributed by atoms with Crippen LogP contribution in [0.25, 0.3) is 0 Å². The fourth-order valence-corrected chi connectivity index (χ4v) is 4.16. The van der Waals surface area contributed by atoms with Gasteiger partial charge in [-0.05, 0) is 37.6 Å². The Morgan fingerprint density at radius 2 is 1.58 bits per heavy atom. The van der Waals surface area contributed by atoms with Crippen molar-refractivity contribution in [3.63, 3.8) is 0 Å². The highest BCUT2D eigenvalue weighted by Gasteiger charge is 2.44. The van der Waals surface area contributed by atoms with Crippen molar-refractivity contribution in [3.8, 4) is 0 Å². The van der Waals surface area contributed by atoms with Crippen molar-refractivity contribution < 1.29 is 13.2 Å². The van der Waals surface area contributed by atoms with Crippen LogP contribution in [0, 0.1) is 11.8 Å². The van der Waals surface area contributed by atoms with Gasteiger partial charge in [-0.2, -0.15) is 13.2 Å². The maximum atomic E-state index is 11.8. The number of hydrogen-bond donors (Lipinski definition) is 0. The number of nitrogens with zero attached hydrogens (tertiary/aromatic N) is 4. The zero-order chi connectivity index (χ0) is 21.9. The molecule has 0 radical (unpaired) electrons. The van der Waals surface area contributed by atoms with Crippen LogP contribution in [-0.2, 0) is 25.1 Å². The Morgan fingerprint density at radius 1 is 0.968 bits per heavy atom. The van der Waals surface area contributed by atoms with Crippen molar-refractivity contribution in [2.45, 2.75) is 58.0 Å². The Kier molecular flexibility index (Phi) is 8.56. The lowest BCUT2D eigenvalue weighted by atomic mass is 9.96. The monoisotopic (exact) mass is 458 g/mol.